The highest BCUT2D eigenvalue weighted by Gasteiger charge is 2.31. The van der Waals surface area contributed by atoms with Gasteiger partial charge in [0, 0.05) is 5.56 Å². The Hall–Kier alpha value is -4.93. The summed E-state index contributed by atoms with van der Waals surface area (Å²) in [6.07, 6.45) is -9.10. The van der Waals surface area contributed by atoms with E-state index in [0.717, 1.165) is 30.3 Å². The van der Waals surface area contributed by atoms with Crippen molar-refractivity contribution in [3.63, 3.8) is 0 Å². The predicted octanol–water partition coefficient (Wildman–Crippen LogP) is 8.36. The smallest absolute Gasteiger partial charge is 0.416 e. The average molecular weight is 586 g/mol. The number of phenolic OH excluding ortho intramolecular Hbond substituents is 1. The third-order valence-corrected chi connectivity index (χ3v) is 6.28. The Balaban J connectivity index is 1.51. The zero-order valence-corrected chi connectivity index (χ0v) is 21.4. The summed E-state index contributed by atoms with van der Waals surface area (Å²) in [7, 11) is 0. The van der Waals surface area contributed by atoms with Crippen LogP contribution in [0.2, 0.25) is 0 Å². The van der Waals surface area contributed by atoms with Crippen LogP contribution in [0, 0.1) is 0 Å². The number of alkyl halides is 6. The molecule has 0 saturated carbocycles. The number of rotatable bonds is 7. The first-order chi connectivity index (χ1) is 19.9. The molecule has 1 N–H and O–H groups in total. The zero-order valence-electron chi connectivity index (χ0n) is 21.4. The van der Waals surface area contributed by atoms with E-state index in [-0.39, 0.29) is 52.6 Å². The van der Waals surface area contributed by atoms with E-state index in [4.69, 9.17) is 13.9 Å². The summed E-state index contributed by atoms with van der Waals surface area (Å²) in [4.78, 5) is 13.0. The van der Waals surface area contributed by atoms with Gasteiger partial charge in [-0.2, -0.15) is 26.3 Å². The normalized spacial score (nSPS) is 12.0. The second-order valence-corrected chi connectivity index (χ2v) is 9.24. The van der Waals surface area contributed by atoms with Crippen LogP contribution in [0.5, 0.6) is 17.4 Å². The summed E-state index contributed by atoms with van der Waals surface area (Å²) >= 11 is 0. The molecule has 0 saturated heterocycles. The lowest BCUT2D eigenvalue weighted by Crippen LogP contribution is -2.08. The van der Waals surface area contributed by atoms with E-state index in [0.29, 0.717) is 5.56 Å². The van der Waals surface area contributed by atoms with E-state index in [2.05, 4.69) is 0 Å². The highest BCUT2D eigenvalue weighted by molar-refractivity contribution is 5.93. The minimum absolute atomic E-state index is 0.107. The first kappa shape index (κ1) is 28.6. The van der Waals surface area contributed by atoms with Crippen LogP contribution in [0.15, 0.2) is 100 Å². The number of hydrogen-bond donors (Lipinski definition) is 1. The van der Waals surface area contributed by atoms with Crippen molar-refractivity contribution in [2.24, 2.45) is 0 Å². The molecule has 1 heterocycles. The summed E-state index contributed by atoms with van der Waals surface area (Å²) in [6.45, 7) is -0.694. The van der Waals surface area contributed by atoms with Gasteiger partial charge in [0.15, 0.2) is 11.5 Å². The summed E-state index contributed by atoms with van der Waals surface area (Å²) in [5.74, 6) is -1.06. The molecule has 1 aromatic heterocycles. The van der Waals surface area contributed by atoms with Gasteiger partial charge in [-0.15, -0.1) is 0 Å². The third kappa shape index (κ3) is 6.19. The lowest BCUT2D eigenvalue weighted by atomic mass is 10.0. The maximum atomic E-state index is 13.2. The number of halogens is 6. The fraction of sp³-hybridized carbons (Fsp3) is 0.129. The molecule has 216 valence electrons. The van der Waals surface area contributed by atoms with Crippen LogP contribution in [0.1, 0.15) is 22.3 Å². The van der Waals surface area contributed by atoms with Crippen molar-refractivity contribution in [1.29, 1.82) is 0 Å². The predicted molar refractivity (Wildman–Crippen MR) is 141 cm³/mol. The van der Waals surface area contributed by atoms with Crippen LogP contribution in [0.4, 0.5) is 26.3 Å². The fourth-order valence-electron chi connectivity index (χ4n) is 4.30. The van der Waals surface area contributed by atoms with E-state index in [1.807, 2.05) is 0 Å². The van der Waals surface area contributed by atoms with Crippen LogP contribution in [0.25, 0.3) is 22.1 Å². The molecule has 0 spiro atoms. The summed E-state index contributed by atoms with van der Waals surface area (Å²) in [5, 5.41) is 10.8. The molecule has 5 aromatic rings. The van der Waals surface area contributed by atoms with E-state index in [1.54, 1.807) is 30.3 Å². The quantitative estimate of drug-likeness (QED) is 0.194. The molecule has 0 aliphatic heterocycles. The molecule has 5 rings (SSSR count). The topological polar surface area (TPSA) is 68.9 Å². The van der Waals surface area contributed by atoms with Gasteiger partial charge in [-0.25, -0.2) is 0 Å². The molecule has 0 radical (unpaired) electrons. The molecular weight excluding hydrogens is 566 g/mol. The fourth-order valence-corrected chi connectivity index (χ4v) is 4.30. The highest BCUT2D eigenvalue weighted by Crippen LogP contribution is 2.43. The maximum absolute atomic E-state index is 13.2. The molecule has 0 bridgehead atoms. The second-order valence-electron chi connectivity index (χ2n) is 9.24. The van der Waals surface area contributed by atoms with Crippen molar-refractivity contribution in [2.75, 3.05) is 0 Å². The standard InChI is InChI=1S/C31H20F6O5/c32-30(33,34)21-10-4-6-18(12-21)16-40-26-15-24(38)27-25(42-26)14-23(20-8-2-1-3-9-20)29(28(27)39)41-17-19-7-5-11-22(13-19)31(35,36)37/h1-15,39H,16-17H2. The van der Waals surface area contributed by atoms with E-state index >= 15 is 0 Å². The Morgan fingerprint density at radius 3 is 1.83 bits per heavy atom. The van der Waals surface area contributed by atoms with Crippen LogP contribution in [-0.2, 0) is 25.6 Å². The average Bonchev–Trinajstić information content (AvgIpc) is 2.95. The molecule has 5 nitrogen and oxygen atoms in total. The van der Waals surface area contributed by atoms with Gasteiger partial charge in [-0.1, -0.05) is 54.6 Å². The first-order valence-corrected chi connectivity index (χ1v) is 12.4. The molecule has 0 unspecified atom stereocenters. The Bertz CT molecular complexity index is 1790. The molecule has 0 fully saturated rings. The Labute approximate surface area is 234 Å². The van der Waals surface area contributed by atoms with Crippen LogP contribution < -0.4 is 14.9 Å². The van der Waals surface area contributed by atoms with Gasteiger partial charge in [-0.05, 0) is 47.0 Å². The Morgan fingerprint density at radius 2 is 1.26 bits per heavy atom. The van der Waals surface area contributed by atoms with Crippen molar-refractivity contribution >= 4 is 11.0 Å². The van der Waals surface area contributed by atoms with Crippen LogP contribution >= 0.6 is 0 Å². The number of fused-ring (bicyclic) bond motifs is 1. The Kier molecular flexibility index (Phi) is 7.59. The lowest BCUT2D eigenvalue weighted by molar-refractivity contribution is -0.138. The lowest BCUT2D eigenvalue weighted by Gasteiger charge is -2.16. The number of hydrogen-bond acceptors (Lipinski definition) is 5. The van der Waals surface area contributed by atoms with Gasteiger partial charge in [0.1, 0.15) is 24.2 Å². The van der Waals surface area contributed by atoms with E-state index < -0.39 is 34.7 Å². The second kappa shape index (κ2) is 11.2. The van der Waals surface area contributed by atoms with Crippen molar-refractivity contribution in [1.82, 2.24) is 0 Å². The molecule has 11 heteroatoms. The monoisotopic (exact) mass is 586 g/mol. The first-order valence-electron chi connectivity index (χ1n) is 12.4. The van der Waals surface area contributed by atoms with Crippen molar-refractivity contribution in [3.05, 3.63) is 123 Å². The van der Waals surface area contributed by atoms with Crippen molar-refractivity contribution < 1.29 is 45.3 Å². The van der Waals surface area contributed by atoms with Gasteiger partial charge in [0.2, 0.25) is 5.43 Å². The summed E-state index contributed by atoms with van der Waals surface area (Å²) in [5.41, 5.74) is -1.42. The molecule has 0 aliphatic carbocycles. The minimum Gasteiger partial charge on any atom is -0.504 e. The number of phenols is 1. The summed E-state index contributed by atoms with van der Waals surface area (Å²) in [6, 6.07) is 19.8. The number of ether oxygens (including phenoxy) is 2. The maximum Gasteiger partial charge on any atom is 0.416 e. The Morgan fingerprint density at radius 1 is 0.690 bits per heavy atom. The molecule has 0 atom stereocenters. The molecular formula is C31H20F6O5. The zero-order chi connectivity index (χ0) is 30.1. The van der Waals surface area contributed by atoms with E-state index in [1.165, 1.54) is 30.3 Å². The minimum atomic E-state index is -4.56. The van der Waals surface area contributed by atoms with Gasteiger partial charge in [0.25, 0.3) is 5.95 Å². The van der Waals surface area contributed by atoms with Crippen molar-refractivity contribution in [3.8, 4) is 28.6 Å². The molecule has 4 aromatic carbocycles. The summed E-state index contributed by atoms with van der Waals surface area (Å²) < 4.78 is 95.6. The van der Waals surface area contributed by atoms with Crippen LogP contribution in [-0.4, -0.2) is 5.11 Å². The van der Waals surface area contributed by atoms with E-state index in [9.17, 15) is 36.2 Å². The van der Waals surface area contributed by atoms with Crippen molar-refractivity contribution in [2.45, 2.75) is 25.6 Å². The molecule has 0 aliphatic rings. The van der Waals surface area contributed by atoms with Gasteiger partial charge in [-0.3, -0.25) is 4.79 Å². The SMILES string of the molecule is O=c1cc(OCc2cccc(C(F)(F)F)c2)oc2cc(-c3ccccc3)c(OCc3cccc(C(F)(F)F)c3)c(O)c12. The highest BCUT2D eigenvalue weighted by atomic mass is 19.4. The number of benzene rings is 4. The number of aromatic hydroxyl groups is 1. The van der Waals surface area contributed by atoms with Gasteiger partial charge < -0.3 is 19.0 Å². The largest absolute Gasteiger partial charge is 0.504 e. The van der Waals surface area contributed by atoms with Gasteiger partial charge >= 0.3 is 12.4 Å². The molecule has 0 amide bonds. The molecule has 42 heavy (non-hydrogen) atoms. The van der Waals surface area contributed by atoms with Gasteiger partial charge in [0.05, 0.1) is 17.2 Å². The third-order valence-electron chi connectivity index (χ3n) is 6.28. The van der Waals surface area contributed by atoms with Crippen LogP contribution in [0.3, 0.4) is 0 Å².